The smallest absolute Gasteiger partial charge is 0.407 e. The number of carboxylic acid groups (broad SMARTS) is 1. The van der Waals surface area contributed by atoms with E-state index < -0.39 is 6.09 Å². The van der Waals surface area contributed by atoms with Crippen LogP contribution in [0.5, 0.6) is 0 Å². The molecule has 6 atom stereocenters. The normalized spacial score (nSPS) is 32.9. The average Bonchev–Trinajstić information content (AvgIpc) is 2.64. The fourth-order valence-electron chi connectivity index (χ4n) is 4.22. The highest BCUT2D eigenvalue weighted by Crippen LogP contribution is 2.27. The van der Waals surface area contributed by atoms with Gasteiger partial charge in [0.05, 0.1) is 18.2 Å². The molecule has 6 heteroatoms. The largest absolute Gasteiger partial charge is 0.465 e. The Morgan fingerprint density at radius 1 is 1.37 bits per heavy atom. The van der Waals surface area contributed by atoms with Crippen LogP contribution >= 0.6 is 0 Å². The number of piperidine rings is 1. The molecule has 0 saturated carbocycles. The molecule has 0 spiro atoms. The predicted octanol–water partition coefficient (Wildman–Crippen LogP) is 3.59. The van der Waals surface area contributed by atoms with Crippen LogP contribution in [0.15, 0.2) is 24.8 Å². The molecule has 0 bridgehead atoms. The van der Waals surface area contributed by atoms with Gasteiger partial charge in [0.2, 0.25) is 5.91 Å². The van der Waals surface area contributed by atoms with E-state index in [1.54, 1.807) is 6.08 Å². The molecular formula is C21H34N2O4. The van der Waals surface area contributed by atoms with Crippen molar-refractivity contribution in [2.45, 2.75) is 77.2 Å². The van der Waals surface area contributed by atoms with E-state index in [9.17, 15) is 14.7 Å². The maximum atomic E-state index is 12.4. The highest BCUT2D eigenvalue weighted by molar-refractivity contribution is 5.87. The molecule has 2 rings (SSSR count). The number of nitrogens with one attached hydrogen (secondary N) is 1. The zero-order chi connectivity index (χ0) is 20.0. The summed E-state index contributed by atoms with van der Waals surface area (Å²) in [5, 5.41) is 12.4. The lowest BCUT2D eigenvalue weighted by Crippen LogP contribution is -2.50. The van der Waals surface area contributed by atoms with Crippen molar-refractivity contribution in [3.63, 3.8) is 0 Å². The first-order chi connectivity index (χ1) is 12.8. The molecule has 2 fully saturated rings. The second-order valence-electron chi connectivity index (χ2n) is 7.99. The number of carbonyl (C=O) groups is 2. The van der Waals surface area contributed by atoms with Gasteiger partial charge in [-0.3, -0.25) is 4.79 Å². The topological polar surface area (TPSA) is 78.9 Å². The van der Waals surface area contributed by atoms with Crippen molar-refractivity contribution in [1.29, 1.82) is 0 Å². The van der Waals surface area contributed by atoms with Gasteiger partial charge in [-0.1, -0.05) is 26.0 Å². The van der Waals surface area contributed by atoms with Crippen LogP contribution in [0, 0.1) is 11.8 Å². The van der Waals surface area contributed by atoms with Crippen LogP contribution in [0.3, 0.4) is 0 Å². The van der Waals surface area contributed by atoms with Gasteiger partial charge in [-0.15, -0.1) is 6.58 Å². The van der Waals surface area contributed by atoms with Crippen molar-refractivity contribution >= 4 is 12.0 Å². The molecule has 2 aliphatic heterocycles. The molecule has 2 saturated heterocycles. The lowest BCUT2D eigenvalue weighted by molar-refractivity contribution is -0.123. The quantitative estimate of drug-likeness (QED) is 0.547. The monoisotopic (exact) mass is 378 g/mol. The number of carbonyl (C=O) groups excluding carboxylic acids is 1. The summed E-state index contributed by atoms with van der Waals surface area (Å²) in [7, 11) is 0. The molecule has 0 aromatic carbocycles. The van der Waals surface area contributed by atoms with E-state index in [1.807, 2.05) is 26.0 Å². The average molecular weight is 379 g/mol. The third kappa shape index (κ3) is 5.83. The minimum absolute atomic E-state index is 0.00285. The highest BCUT2D eigenvalue weighted by Gasteiger charge is 2.33. The number of ether oxygens (including phenoxy) is 1. The van der Waals surface area contributed by atoms with Crippen LogP contribution in [0.1, 0.15) is 52.9 Å². The fraction of sp³-hybridized carbons (Fsp3) is 0.714. The van der Waals surface area contributed by atoms with E-state index in [-0.39, 0.29) is 36.1 Å². The second-order valence-corrected chi connectivity index (χ2v) is 7.99. The van der Waals surface area contributed by atoms with Gasteiger partial charge >= 0.3 is 6.09 Å². The van der Waals surface area contributed by atoms with Crippen LogP contribution in [-0.4, -0.2) is 52.8 Å². The second kappa shape index (κ2) is 9.93. The van der Waals surface area contributed by atoms with Crippen LogP contribution in [0.4, 0.5) is 4.79 Å². The summed E-state index contributed by atoms with van der Waals surface area (Å²) in [6.45, 7) is 10.5. The molecule has 1 unspecified atom stereocenters. The molecule has 0 radical (unpaired) electrons. The molecule has 0 aromatic rings. The SMILES string of the molecule is C=CC[C@@H]1O[C@H](C)[C@H](NC(=O)/C=C/C(C)[C@@H]2CCCCN2C(=O)O)C[C@@H]1C. The lowest BCUT2D eigenvalue weighted by atomic mass is 9.88. The molecule has 2 amide bonds. The van der Waals surface area contributed by atoms with Crippen molar-refractivity contribution in [3.8, 4) is 0 Å². The van der Waals surface area contributed by atoms with Crippen molar-refractivity contribution in [1.82, 2.24) is 10.2 Å². The summed E-state index contributed by atoms with van der Waals surface area (Å²) in [5.74, 6) is 0.219. The third-order valence-corrected chi connectivity index (χ3v) is 5.90. The highest BCUT2D eigenvalue weighted by atomic mass is 16.5. The van der Waals surface area contributed by atoms with E-state index in [4.69, 9.17) is 4.74 Å². The van der Waals surface area contributed by atoms with E-state index >= 15 is 0 Å². The van der Waals surface area contributed by atoms with E-state index in [2.05, 4.69) is 18.8 Å². The Balaban J connectivity index is 1.89. The van der Waals surface area contributed by atoms with Gasteiger partial charge in [-0.05, 0) is 56.9 Å². The summed E-state index contributed by atoms with van der Waals surface area (Å²) in [6.07, 6.45) is 8.99. The van der Waals surface area contributed by atoms with Crippen LogP contribution in [0.25, 0.3) is 0 Å². The molecule has 2 N–H and O–H groups in total. The third-order valence-electron chi connectivity index (χ3n) is 5.90. The first kappa shape index (κ1) is 21.5. The van der Waals surface area contributed by atoms with Gasteiger partial charge < -0.3 is 20.1 Å². The van der Waals surface area contributed by atoms with Gasteiger partial charge in [-0.25, -0.2) is 4.79 Å². The number of hydrogen-bond donors (Lipinski definition) is 2. The summed E-state index contributed by atoms with van der Waals surface area (Å²) in [5.41, 5.74) is 0. The van der Waals surface area contributed by atoms with Crippen LogP contribution < -0.4 is 5.32 Å². The summed E-state index contributed by atoms with van der Waals surface area (Å²) < 4.78 is 6.03. The first-order valence-corrected chi connectivity index (χ1v) is 10.1. The van der Waals surface area contributed by atoms with Crippen LogP contribution in [0.2, 0.25) is 0 Å². The van der Waals surface area contributed by atoms with E-state index in [0.717, 1.165) is 32.1 Å². The zero-order valence-corrected chi connectivity index (χ0v) is 16.8. The summed E-state index contributed by atoms with van der Waals surface area (Å²) in [4.78, 5) is 25.3. The lowest BCUT2D eigenvalue weighted by Gasteiger charge is -2.39. The van der Waals surface area contributed by atoms with Crippen molar-refractivity contribution in [2.75, 3.05) is 6.54 Å². The van der Waals surface area contributed by atoms with E-state index in [0.29, 0.717) is 12.5 Å². The summed E-state index contributed by atoms with van der Waals surface area (Å²) >= 11 is 0. The Kier molecular flexibility index (Phi) is 7.90. The number of likely N-dealkylation sites (tertiary alicyclic amines) is 1. The van der Waals surface area contributed by atoms with Crippen molar-refractivity contribution in [2.24, 2.45) is 11.8 Å². The predicted molar refractivity (Wildman–Crippen MR) is 106 cm³/mol. The number of rotatable bonds is 6. The maximum Gasteiger partial charge on any atom is 0.407 e. The molecule has 27 heavy (non-hydrogen) atoms. The standard InChI is InChI=1S/C21H34N2O4/c1-5-8-19-15(3)13-17(16(4)27-19)22-20(24)11-10-14(2)18-9-6-7-12-23(18)21(25)26/h5,10-11,14-19H,1,6-9,12-13H2,2-4H3,(H,22,24)(H,25,26)/b11-10+/t14?,15-,16+,17+,18-,19-/m0/s1. The molecular weight excluding hydrogens is 344 g/mol. The number of amides is 2. The molecule has 2 heterocycles. The Hall–Kier alpha value is -1.82. The number of nitrogens with zero attached hydrogens (tertiary/aromatic N) is 1. The molecule has 6 nitrogen and oxygen atoms in total. The maximum absolute atomic E-state index is 12.4. The zero-order valence-electron chi connectivity index (χ0n) is 16.8. The minimum atomic E-state index is -0.874. The Morgan fingerprint density at radius 3 is 2.78 bits per heavy atom. The first-order valence-electron chi connectivity index (χ1n) is 10.1. The Labute approximate surface area is 162 Å². The molecule has 0 aromatic heterocycles. The van der Waals surface area contributed by atoms with Gasteiger partial charge in [0.1, 0.15) is 0 Å². The Morgan fingerprint density at radius 2 is 2.11 bits per heavy atom. The van der Waals surface area contributed by atoms with Gasteiger partial charge in [0.25, 0.3) is 0 Å². The minimum Gasteiger partial charge on any atom is -0.465 e. The fourth-order valence-corrected chi connectivity index (χ4v) is 4.22. The van der Waals surface area contributed by atoms with Gasteiger partial charge in [-0.2, -0.15) is 0 Å². The summed E-state index contributed by atoms with van der Waals surface area (Å²) in [6, 6.07) is -0.0735. The molecule has 2 aliphatic rings. The van der Waals surface area contributed by atoms with E-state index in [1.165, 1.54) is 4.90 Å². The Bertz CT molecular complexity index is 562. The van der Waals surface area contributed by atoms with Crippen molar-refractivity contribution < 1.29 is 19.4 Å². The van der Waals surface area contributed by atoms with Crippen LogP contribution in [-0.2, 0) is 9.53 Å². The number of hydrogen-bond acceptors (Lipinski definition) is 3. The molecule has 0 aliphatic carbocycles. The van der Waals surface area contributed by atoms with Crippen molar-refractivity contribution in [3.05, 3.63) is 24.8 Å². The van der Waals surface area contributed by atoms with Gasteiger partial charge in [0, 0.05) is 12.6 Å². The molecule has 152 valence electrons. The van der Waals surface area contributed by atoms with Gasteiger partial charge in [0.15, 0.2) is 0 Å².